The van der Waals surface area contributed by atoms with Gasteiger partial charge in [0.25, 0.3) is 5.91 Å². The Bertz CT molecular complexity index is 744. The first-order chi connectivity index (χ1) is 11.0. The van der Waals surface area contributed by atoms with Crippen LogP contribution < -0.4 is 16.2 Å². The number of carbonyl (C=O) groups excluding carboxylic acids is 1. The van der Waals surface area contributed by atoms with Gasteiger partial charge < -0.3 is 16.2 Å². The number of nitrogens with zero attached hydrogens (tertiary/aromatic N) is 1. The van der Waals surface area contributed by atoms with Gasteiger partial charge in [-0.05, 0) is 43.3 Å². The molecule has 0 aliphatic rings. The summed E-state index contributed by atoms with van der Waals surface area (Å²) in [6.45, 7) is 1.62. The molecule has 5 nitrogen and oxygen atoms in total. The van der Waals surface area contributed by atoms with Crippen LogP contribution in [0.15, 0.2) is 70.9 Å². The predicted molar refractivity (Wildman–Crippen MR) is 91.5 cm³/mol. The molecule has 0 bridgehead atoms. The zero-order chi connectivity index (χ0) is 16.8. The van der Waals surface area contributed by atoms with Crippen molar-refractivity contribution in [2.45, 2.75) is 6.92 Å². The minimum absolute atomic E-state index is 0.226. The third-order valence-corrected chi connectivity index (χ3v) is 3.21. The van der Waals surface area contributed by atoms with E-state index in [1.807, 2.05) is 42.5 Å². The van der Waals surface area contributed by atoms with Gasteiger partial charge in [-0.2, -0.15) is 0 Å². The summed E-state index contributed by atoms with van der Waals surface area (Å²) in [5.41, 5.74) is 12.9. The highest BCUT2D eigenvalue weighted by Gasteiger charge is 2.17. The molecule has 0 aromatic heterocycles. The van der Waals surface area contributed by atoms with Crippen molar-refractivity contribution in [2.75, 3.05) is 7.05 Å². The van der Waals surface area contributed by atoms with E-state index in [9.17, 15) is 4.79 Å². The summed E-state index contributed by atoms with van der Waals surface area (Å²) in [5, 5.41) is 0. The molecule has 0 aliphatic heterocycles. The van der Waals surface area contributed by atoms with Crippen molar-refractivity contribution in [3.05, 3.63) is 71.4 Å². The number of hydrogen-bond acceptors (Lipinski definition) is 4. The van der Waals surface area contributed by atoms with E-state index in [4.69, 9.17) is 16.2 Å². The Hall–Kier alpha value is -3.08. The van der Waals surface area contributed by atoms with E-state index in [1.54, 1.807) is 26.1 Å². The van der Waals surface area contributed by atoms with Crippen molar-refractivity contribution in [3.8, 4) is 11.5 Å². The van der Waals surface area contributed by atoms with Crippen LogP contribution in [-0.4, -0.2) is 18.7 Å². The van der Waals surface area contributed by atoms with Gasteiger partial charge in [-0.1, -0.05) is 18.2 Å². The average Bonchev–Trinajstić information content (AvgIpc) is 2.53. The Balaban J connectivity index is 2.28. The summed E-state index contributed by atoms with van der Waals surface area (Å²) < 4.78 is 5.73. The molecule has 0 heterocycles. The summed E-state index contributed by atoms with van der Waals surface area (Å²) in [6, 6.07) is 16.7. The lowest BCUT2D eigenvalue weighted by molar-refractivity contribution is -0.114. The highest BCUT2D eigenvalue weighted by atomic mass is 16.5. The van der Waals surface area contributed by atoms with E-state index in [0.29, 0.717) is 17.2 Å². The molecule has 0 saturated heterocycles. The summed E-state index contributed by atoms with van der Waals surface area (Å²) in [4.78, 5) is 15.8. The molecule has 2 aromatic rings. The molecule has 1 amide bonds. The Morgan fingerprint density at radius 2 is 1.52 bits per heavy atom. The first-order valence-corrected chi connectivity index (χ1v) is 7.09. The number of aliphatic imine (C=N–C) groups is 1. The maximum absolute atomic E-state index is 11.6. The largest absolute Gasteiger partial charge is 0.457 e. The summed E-state index contributed by atoms with van der Waals surface area (Å²) in [5.74, 6) is 0.833. The fraction of sp³-hybridized carbons (Fsp3) is 0.111. The number of amides is 1. The van der Waals surface area contributed by atoms with Crippen molar-refractivity contribution < 1.29 is 9.53 Å². The van der Waals surface area contributed by atoms with E-state index in [-0.39, 0.29) is 5.57 Å². The normalized spacial score (nSPS) is 12.5. The second-order valence-corrected chi connectivity index (χ2v) is 4.93. The summed E-state index contributed by atoms with van der Waals surface area (Å²) in [6.07, 6.45) is 0. The van der Waals surface area contributed by atoms with E-state index in [2.05, 4.69) is 4.99 Å². The number of carbonyl (C=O) groups is 1. The molecule has 5 heteroatoms. The van der Waals surface area contributed by atoms with Crippen LogP contribution in [0.25, 0.3) is 0 Å². The average molecular weight is 309 g/mol. The number of primary amides is 1. The van der Waals surface area contributed by atoms with Crippen molar-refractivity contribution in [2.24, 2.45) is 16.5 Å². The van der Waals surface area contributed by atoms with E-state index >= 15 is 0 Å². The number of benzene rings is 2. The fourth-order valence-corrected chi connectivity index (χ4v) is 2.19. The van der Waals surface area contributed by atoms with Crippen molar-refractivity contribution in [3.63, 3.8) is 0 Å². The van der Waals surface area contributed by atoms with Gasteiger partial charge in [0.2, 0.25) is 0 Å². The van der Waals surface area contributed by atoms with Crippen molar-refractivity contribution in [1.82, 2.24) is 0 Å². The third kappa shape index (κ3) is 3.97. The Morgan fingerprint density at radius 1 is 0.957 bits per heavy atom. The first-order valence-electron chi connectivity index (χ1n) is 7.09. The SMILES string of the molecule is CN=C(/C(C(N)=O)=C(\C)N)c1ccc(Oc2ccccc2)cc1. The standard InChI is InChI=1S/C18H19N3O2/c1-12(19)16(18(20)22)17(21-2)13-8-10-15(11-9-13)23-14-6-4-3-5-7-14/h3-11H,19H2,1-2H3,(H2,20,22)/b16-12-,21-17?. The molecular formula is C18H19N3O2. The Kier molecular flexibility index (Phi) is 5.15. The zero-order valence-corrected chi connectivity index (χ0v) is 13.1. The summed E-state index contributed by atoms with van der Waals surface area (Å²) in [7, 11) is 1.59. The number of allylic oxidation sites excluding steroid dienone is 1. The molecule has 0 aliphatic carbocycles. The van der Waals surface area contributed by atoms with Crippen LogP contribution >= 0.6 is 0 Å². The maximum Gasteiger partial charge on any atom is 0.252 e. The van der Waals surface area contributed by atoms with E-state index < -0.39 is 5.91 Å². The van der Waals surface area contributed by atoms with Crippen LogP contribution in [0, 0.1) is 0 Å². The molecule has 0 unspecified atom stereocenters. The number of hydrogen-bond donors (Lipinski definition) is 2. The highest BCUT2D eigenvalue weighted by Crippen LogP contribution is 2.22. The van der Waals surface area contributed by atoms with Crippen LogP contribution in [0.4, 0.5) is 0 Å². The van der Waals surface area contributed by atoms with Crippen molar-refractivity contribution >= 4 is 11.6 Å². The number of rotatable bonds is 5. The maximum atomic E-state index is 11.6. The lowest BCUT2D eigenvalue weighted by atomic mass is 10.00. The van der Waals surface area contributed by atoms with Gasteiger partial charge >= 0.3 is 0 Å². The molecule has 0 saturated carbocycles. The molecular weight excluding hydrogens is 290 g/mol. The Morgan fingerprint density at radius 3 is 2.00 bits per heavy atom. The number of nitrogens with two attached hydrogens (primary N) is 2. The van der Waals surface area contributed by atoms with Crippen LogP contribution in [0.2, 0.25) is 0 Å². The monoisotopic (exact) mass is 309 g/mol. The zero-order valence-electron chi connectivity index (χ0n) is 13.1. The van der Waals surface area contributed by atoms with Crippen LogP contribution in [0.1, 0.15) is 12.5 Å². The molecule has 0 fully saturated rings. The first kappa shape index (κ1) is 16.3. The predicted octanol–water partition coefficient (Wildman–Crippen LogP) is 2.62. The van der Waals surface area contributed by atoms with Gasteiger partial charge in [-0.3, -0.25) is 9.79 Å². The van der Waals surface area contributed by atoms with Gasteiger partial charge in [0.05, 0.1) is 11.3 Å². The third-order valence-electron chi connectivity index (χ3n) is 3.21. The minimum Gasteiger partial charge on any atom is -0.457 e. The van der Waals surface area contributed by atoms with Gasteiger partial charge in [-0.15, -0.1) is 0 Å². The number of ether oxygens (including phenoxy) is 1. The molecule has 0 radical (unpaired) electrons. The number of para-hydroxylation sites is 1. The van der Waals surface area contributed by atoms with Crippen LogP contribution in [0.5, 0.6) is 11.5 Å². The molecule has 0 atom stereocenters. The molecule has 4 N–H and O–H groups in total. The Labute approximate surface area is 135 Å². The molecule has 23 heavy (non-hydrogen) atoms. The second kappa shape index (κ2) is 7.26. The quantitative estimate of drug-likeness (QED) is 0.657. The fourth-order valence-electron chi connectivity index (χ4n) is 2.19. The molecule has 118 valence electrons. The van der Waals surface area contributed by atoms with Gasteiger partial charge in [0.1, 0.15) is 11.5 Å². The molecule has 0 spiro atoms. The lowest BCUT2D eigenvalue weighted by Crippen LogP contribution is -2.25. The van der Waals surface area contributed by atoms with Gasteiger partial charge in [-0.25, -0.2) is 0 Å². The lowest BCUT2D eigenvalue weighted by Gasteiger charge is -2.11. The van der Waals surface area contributed by atoms with Crippen molar-refractivity contribution in [1.29, 1.82) is 0 Å². The molecule has 2 aromatic carbocycles. The van der Waals surface area contributed by atoms with E-state index in [1.165, 1.54) is 0 Å². The van der Waals surface area contributed by atoms with Crippen LogP contribution in [-0.2, 0) is 4.79 Å². The molecule has 2 rings (SSSR count). The smallest absolute Gasteiger partial charge is 0.252 e. The highest BCUT2D eigenvalue weighted by molar-refractivity contribution is 6.28. The van der Waals surface area contributed by atoms with E-state index in [0.717, 1.165) is 11.3 Å². The van der Waals surface area contributed by atoms with Crippen LogP contribution in [0.3, 0.4) is 0 Å². The second-order valence-electron chi connectivity index (χ2n) is 4.93. The summed E-state index contributed by atoms with van der Waals surface area (Å²) >= 11 is 0. The van der Waals surface area contributed by atoms with Gasteiger partial charge in [0.15, 0.2) is 0 Å². The van der Waals surface area contributed by atoms with Gasteiger partial charge in [0, 0.05) is 18.3 Å². The topological polar surface area (TPSA) is 90.7 Å². The minimum atomic E-state index is -0.602.